The summed E-state index contributed by atoms with van der Waals surface area (Å²) >= 11 is 0. The summed E-state index contributed by atoms with van der Waals surface area (Å²) < 4.78 is 3.87. The van der Waals surface area contributed by atoms with E-state index in [1.165, 1.54) is 0 Å². The van der Waals surface area contributed by atoms with Crippen LogP contribution in [0.25, 0.3) is 5.69 Å². The third-order valence-electron chi connectivity index (χ3n) is 7.84. The summed E-state index contributed by atoms with van der Waals surface area (Å²) in [4.78, 5) is 35.1. The minimum Gasteiger partial charge on any atom is -0.403 e. The van der Waals surface area contributed by atoms with Crippen LogP contribution in [0, 0.1) is 6.92 Å². The number of hydrogen-bond donors (Lipinski definition) is 2. The third-order valence-corrected chi connectivity index (χ3v) is 9.04. The van der Waals surface area contributed by atoms with E-state index in [2.05, 4.69) is 29.5 Å². The average molecular weight is 591 g/mol. The van der Waals surface area contributed by atoms with Gasteiger partial charge in [0.05, 0.1) is 23.9 Å². The second kappa shape index (κ2) is 14.6. The minimum absolute atomic E-state index is 0.0742. The van der Waals surface area contributed by atoms with Crippen molar-refractivity contribution in [3.05, 3.63) is 76.6 Å². The predicted molar refractivity (Wildman–Crippen MR) is 171 cm³/mol. The lowest BCUT2D eigenvalue weighted by molar-refractivity contribution is 0.0544. The van der Waals surface area contributed by atoms with Gasteiger partial charge in [-0.25, -0.2) is 4.68 Å². The number of aromatic nitrogens is 2. The second-order valence-corrected chi connectivity index (χ2v) is 13.4. The molecule has 0 saturated carbocycles. The Bertz CT molecular complexity index is 1370. The van der Waals surface area contributed by atoms with Gasteiger partial charge in [0.2, 0.25) is 0 Å². The van der Waals surface area contributed by atoms with E-state index in [1.54, 1.807) is 9.58 Å². The van der Waals surface area contributed by atoms with Gasteiger partial charge in [0, 0.05) is 31.0 Å². The zero-order chi connectivity index (χ0) is 30.2. The summed E-state index contributed by atoms with van der Waals surface area (Å²) in [5, 5.41) is 15.1. The predicted octanol–water partition coefficient (Wildman–Crippen LogP) is 3.75. The van der Waals surface area contributed by atoms with Gasteiger partial charge in [-0.1, -0.05) is 51.0 Å². The Morgan fingerprint density at radius 3 is 2.38 bits per heavy atom. The standard InChI is InChI=1S/C32H46N6O3Si/c1-6-8-16-36(17-9-7-2)32(41)29-18-23(3)38(33-29)30-15-14-26(34-42-35(4)5)20-28(30)31(40)37-21-25-13-11-10-12-24(25)19-27(37)22-39/h10-15,18,20,27,34,39H,6-9,16-17,19,21-22,42H2,1-5H3. The third kappa shape index (κ3) is 7.29. The Morgan fingerprint density at radius 2 is 1.74 bits per heavy atom. The molecular weight excluding hydrogens is 544 g/mol. The first kappa shape index (κ1) is 31.5. The molecule has 0 fully saturated rings. The highest BCUT2D eigenvalue weighted by Gasteiger charge is 2.32. The van der Waals surface area contributed by atoms with Crippen molar-refractivity contribution in [2.45, 2.75) is 65.5 Å². The van der Waals surface area contributed by atoms with Crippen LogP contribution in [0.1, 0.15) is 77.2 Å². The van der Waals surface area contributed by atoms with Crippen LogP contribution in [0.3, 0.4) is 0 Å². The highest BCUT2D eigenvalue weighted by molar-refractivity contribution is 6.36. The number of anilines is 1. The molecule has 1 atom stereocenters. The molecule has 2 N–H and O–H groups in total. The van der Waals surface area contributed by atoms with Crippen molar-refractivity contribution in [2.75, 3.05) is 38.8 Å². The Labute approximate surface area is 252 Å². The number of carbonyl (C=O) groups is 2. The zero-order valence-corrected chi connectivity index (χ0v) is 27.2. The Kier molecular flexibility index (Phi) is 10.9. The number of carbonyl (C=O) groups excluding carboxylic acids is 2. The molecular formula is C32H46N6O3Si. The molecule has 4 rings (SSSR count). The molecule has 1 unspecified atom stereocenters. The summed E-state index contributed by atoms with van der Waals surface area (Å²) in [6.45, 7) is 7.89. The number of unbranched alkanes of at least 4 members (excludes halogenated alkanes) is 2. The van der Waals surface area contributed by atoms with Crippen LogP contribution in [0.2, 0.25) is 0 Å². The topological polar surface area (TPSA) is 93.9 Å². The molecule has 1 aliphatic rings. The van der Waals surface area contributed by atoms with E-state index in [9.17, 15) is 14.7 Å². The number of hydrogen-bond acceptors (Lipinski definition) is 6. The molecule has 2 aromatic carbocycles. The molecule has 3 aromatic rings. The van der Waals surface area contributed by atoms with Crippen LogP contribution in [0.15, 0.2) is 48.5 Å². The Hall–Kier alpha value is -3.47. The van der Waals surface area contributed by atoms with E-state index in [-0.39, 0.29) is 24.5 Å². The van der Waals surface area contributed by atoms with Gasteiger partial charge < -0.3 is 24.5 Å². The minimum atomic E-state index is -0.737. The van der Waals surface area contributed by atoms with Gasteiger partial charge in [-0.2, -0.15) is 5.10 Å². The number of aliphatic hydroxyl groups excluding tert-OH is 1. The van der Waals surface area contributed by atoms with Crippen LogP contribution < -0.4 is 4.98 Å². The summed E-state index contributed by atoms with van der Waals surface area (Å²) in [6.07, 6.45) is 4.53. The van der Waals surface area contributed by atoms with E-state index in [1.807, 2.05) is 68.4 Å². The van der Waals surface area contributed by atoms with Gasteiger partial charge in [0.15, 0.2) is 15.5 Å². The van der Waals surface area contributed by atoms with Gasteiger partial charge in [-0.15, -0.1) is 0 Å². The van der Waals surface area contributed by atoms with Gasteiger partial charge >= 0.3 is 0 Å². The summed E-state index contributed by atoms with van der Waals surface area (Å²) in [5.74, 6) is -0.237. The first-order valence-corrected chi connectivity index (χ1v) is 16.5. The Morgan fingerprint density at radius 1 is 1.05 bits per heavy atom. The number of fused-ring (bicyclic) bond motifs is 1. The number of aryl methyl sites for hydroxylation is 1. The van der Waals surface area contributed by atoms with Crippen molar-refractivity contribution >= 4 is 27.3 Å². The first-order chi connectivity index (χ1) is 20.3. The van der Waals surface area contributed by atoms with Crippen molar-refractivity contribution in [2.24, 2.45) is 0 Å². The number of rotatable bonds is 13. The van der Waals surface area contributed by atoms with Crippen molar-refractivity contribution in [1.82, 2.24) is 24.1 Å². The molecule has 2 amide bonds. The molecule has 2 heterocycles. The number of benzene rings is 2. The van der Waals surface area contributed by atoms with Crippen LogP contribution in [-0.4, -0.2) is 90.7 Å². The van der Waals surface area contributed by atoms with E-state index >= 15 is 0 Å². The lowest BCUT2D eigenvalue weighted by Gasteiger charge is -2.36. The molecule has 42 heavy (non-hydrogen) atoms. The lowest BCUT2D eigenvalue weighted by Crippen LogP contribution is -2.46. The molecule has 10 heteroatoms. The smallest absolute Gasteiger partial charge is 0.274 e. The number of nitrogens with zero attached hydrogens (tertiary/aromatic N) is 5. The van der Waals surface area contributed by atoms with Crippen LogP contribution in [-0.2, 0) is 13.0 Å². The average Bonchev–Trinajstić information content (AvgIpc) is 3.39. The van der Waals surface area contributed by atoms with Gasteiger partial charge in [-0.05, 0) is 75.7 Å². The number of nitrogens with one attached hydrogen (secondary N) is 1. The van der Waals surface area contributed by atoms with Crippen molar-refractivity contribution in [3.63, 3.8) is 0 Å². The largest absolute Gasteiger partial charge is 0.403 e. The van der Waals surface area contributed by atoms with Crippen molar-refractivity contribution in [1.29, 1.82) is 0 Å². The molecule has 0 bridgehead atoms. The molecule has 0 spiro atoms. The van der Waals surface area contributed by atoms with Crippen LogP contribution in [0.4, 0.5) is 5.69 Å². The van der Waals surface area contributed by atoms with Gasteiger partial charge in [0.25, 0.3) is 11.8 Å². The number of aliphatic hydroxyl groups is 1. The SMILES string of the molecule is CCCCN(CCCC)C(=O)c1cc(C)n(-c2ccc(N[SiH2]N(C)C)cc2C(=O)N2Cc3ccccc3CC2CO)n1. The zero-order valence-electron chi connectivity index (χ0n) is 25.8. The van der Waals surface area contributed by atoms with Gasteiger partial charge in [0.1, 0.15) is 0 Å². The highest BCUT2D eigenvalue weighted by atomic mass is 28.2. The molecule has 226 valence electrons. The van der Waals surface area contributed by atoms with Crippen LogP contribution in [0.5, 0.6) is 0 Å². The maximum Gasteiger partial charge on any atom is 0.274 e. The highest BCUT2D eigenvalue weighted by Crippen LogP contribution is 2.29. The fourth-order valence-electron chi connectivity index (χ4n) is 5.39. The first-order valence-electron chi connectivity index (χ1n) is 15.1. The fraction of sp³-hybridized carbons (Fsp3) is 0.469. The normalized spacial score (nSPS) is 14.9. The maximum atomic E-state index is 14.3. The molecule has 1 aliphatic heterocycles. The monoisotopic (exact) mass is 590 g/mol. The quantitative estimate of drug-likeness (QED) is 0.295. The fourth-order valence-corrected chi connectivity index (χ4v) is 6.11. The molecule has 0 radical (unpaired) electrons. The van der Waals surface area contributed by atoms with Crippen LogP contribution >= 0.6 is 0 Å². The molecule has 1 aromatic heterocycles. The van der Waals surface area contributed by atoms with E-state index in [4.69, 9.17) is 5.10 Å². The lowest BCUT2D eigenvalue weighted by atomic mass is 9.93. The molecule has 9 nitrogen and oxygen atoms in total. The van der Waals surface area contributed by atoms with E-state index < -0.39 is 9.84 Å². The Balaban J connectivity index is 1.73. The maximum absolute atomic E-state index is 14.3. The summed E-state index contributed by atoms with van der Waals surface area (Å²) in [5.41, 5.74) is 5.41. The number of amides is 2. The van der Waals surface area contributed by atoms with Crippen molar-refractivity contribution in [3.8, 4) is 5.69 Å². The summed E-state index contributed by atoms with van der Waals surface area (Å²) in [6, 6.07) is 15.4. The van der Waals surface area contributed by atoms with Crippen molar-refractivity contribution < 1.29 is 14.7 Å². The van der Waals surface area contributed by atoms with E-state index in [0.717, 1.165) is 48.2 Å². The molecule has 0 aliphatic carbocycles. The summed E-state index contributed by atoms with van der Waals surface area (Å²) in [7, 11) is 3.33. The van der Waals surface area contributed by atoms with E-state index in [0.29, 0.717) is 43.0 Å². The molecule has 0 saturated heterocycles. The van der Waals surface area contributed by atoms with Gasteiger partial charge in [-0.3, -0.25) is 9.59 Å². The second-order valence-electron chi connectivity index (χ2n) is 11.5.